The Hall–Kier alpha value is -0.160. The van der Waals surface area contributed by atoms with Crippen LogP contribution in [0.2, 0.25) is 0 Å². The molecule has 0 spiro atoms. The molecule has 0 heterocycles. The van der Waals surface area contributed by atoms with Crippen molar-refractivity contribution in [2.45, 2.75) is 58.7 Å². The van der Waals surface area contributed by atoms with Gasteiger partial charge in [-0.2, -0.15) is 0 Å². The third kappa shape index (κ3) is 7.88. The summed E-state index contributed by atoms with van der Waals surface area (Å²) in [5.74, 6) is 0. The van der Waals surface area contributed by atoms with Crippen LogP contribution in [0.5, 0.6) is 0 Å². The Balaban J connectivity index is 4.31. The van der Waals surface area contributed by atoms with Gasteiger partial charge in [-0.1, -0.05) is 13.8 Å². The van der Waals surface area contributed by atoms with Gasteiger partial charge in [0.1, 0.15) is 0 Å². The summed E-state index contributed by atoms with van der Waals surface area (Å²) in [7, 11) is 3.52. The SMILES string of the molecule is CCC(CC)NCC(C)N(CCOC)C(C)COC. The molecule has 0 aromatic carbocycles. The van der Waals surface area contributed by atoms with E-state index >= 15 is 0 Å². The number of hydrogen-bond acceptors (Lipinski definition) is 4. The first kappa shape index (κ1) is 18.8. The molecular formula is C15H34N2O2. The van der Waals surface area contributed by atoms with Crippen LogP contribution in [-0.4, -0.2) is 63.5 Å². The third-order valence-corrected chi connectivity index (χ3v) is 3.78. The Kier molecular flexibility index (Phi) is 11.6. The summed E-state index contributed by atoms with van der Waals surface area (Å²) in [6.07, 6.45) is 2.38. The maximum absolute atomic E-state index is 5.28. The second-order valence-corrected chi connectivity index (χ2v) is 5.31. The molecule has 0 aromatic rings. The summed E-state index contributed by atoms with van der Waals surface area (Å²) in [5, 5.41) is 3.65. The maximum atomic E-state index is 5.28. The van der Waals surface area contributed by atoms with E-state index in [0.717, 1.165) is 26.3 Å². The first-order valence-electron chi connectivity index (χ1n) is 7.57. The molecule has 0 rings (SSSR count). The zero-order valence-electron chi connectivity index (χ0n) is 13.7. The fraction of sp³-hybridized carbons (Fsp3) is 1.00. The van der Waals surface area contributed by atoms with Gasteiger partial charge < -0.3 is 14.8 Å². The normalized spacial score (nSPS) is 15.2. The monoisotopic (exact) mass is 274 g/mol. The molecule has 0 saturated heterocycles. The average Bonchev–Trinajstić information content (AvgIpc) is 2.40. The maximum Gasteiger partial charge on any atom is 0.0615 e. The molecule has 0 aliphatic heterocycles. The van der Waals surface area contributed by atoms with E-state index in [-0.39, 0.29) is 0 Å². The lowest BCUT2D eigenvalue weighted by Crippen LogP contribution is -2.49. The summed E-state index contributed by atoms with van der Waals surface area (Å²) >= 11 is 0. The minimum absolute atomic E-state index is 0.415. The highest BCUT2D eigenvalue weighted by molar-refractivity contribution is 4.77. The molecule has 2 unspecified atom stereocenters. The third-order valence-electron chi connectivity index (χ3n) is 3.78. The van der Waals surface area contributed by atoms with E-state index in [9.17, 15) is 0 Å². The van der Waals surface area contributed by atoms with Crippen LogP contribution in [0, 0.1) is 0 Å². The van der Waals surface area contributed by atoms with Crippen molar-refractivity contribution in [2.24, 2.45) is 0 Å². The molecule has 0 aliphatic rings. The highest BCUT2D eigenvalue weighted by Gasteiger charge is 2.20. The highest BCUT2D eigenvalue weighted by atomic mass is 16.5. The topological polar surface area (TPSA) is 33.7 Å². The van der Waals surface area contributed by atoms with E-state index in [2.05, 4.69) is 37.9 Å². The van der Waals surface area contributed by atoms with Gasteiger partial charge >= 0.3 is 0 Å². The van der Waals surface area contributed by atoms with Gasteiger partial charge in [0.2, 0.25) is 0 Å². The number of ether oxygens (including phenoxy) is 2. The molecule has 4 nitrogen and oxygen atoms in total. The van der Waals surface area contributed by atoms with Crippen LogP contribution in [0.3, 0.4) is 0 Å². The van der Waals surface area contributed by atoms with Crippen molar-refractivity contribution >= 4 is 0 Å². The van der Waals surface area contributed by atoms with Gasteiger partial charge in [-0.25, -0.2) is 0 Å². The molecule has 0 bridgehead atoms. The fourth-order valence-corrected chi connectivity index (χ4v) is 2.44. The Morgan fingerprint density at radius 2 is 1.63 bits per heavy atom. The van der Waals surface area contributed by atoms with E-state index in [4.69, 9.17) is 9.47 Å². The van der Waals surface area contributed by atoms with Crippen LogP contribution in [0.1, 0.15) is 40.5 Å². The molecule has 116 valence electrons. The summed E-state index contributed by atoms with van der Waals surface area (Å²) in [5.41, 5.74) is 0. The van der Waals surface area contributed by atoms with Crippen molar-refractivity contribution in [3.8, 4) is 0 Å². The largest absolute Gasteiger partial charge is 0.383 e. The Bertz CT molecular complexity index is 199. The molecule has 1 N–H and O–H groups in total. The van der Waals surface area contributed by atoms with E-state index in [1.807, 2.05) is 0 Å². The van der Waals surface area contributed by atoms with Gasteiger partial charge in [-0.15, -0.1) is 0 Å². The van der Waals surface area contributed by atoms with E-state index < -0.39 is 0 Å². The molecular weight excluding hydrogens is 240 g/mol. The lowest BCUT2D eigenvalue weighted by molar-refractivity contribution is 0.0509. The van der Waals surface area contributed by atoms with Crippen LogP contribution in [0.15, 0.2) is 0 Å². The van der Waals surface area contributed by atoms with E-state index in [1.54, 1.807) is 14.2 Å². The average molecular weight is 274 g/mol. The van der Waals surface area contributed by atoms with Crippen LogP contribution in [0.4, 0.5) is 0 Å². The van der Waals surface area contributed by atoms with Crippen LogP contribution >= 0.6 is 0 Å². The minimum Gasteiger partial charge on any atom is -0.383 e. The Labute approximate surface area is 119 Å². The summed E-state index contributed by atoms with van der Waals surface area (Å²) in [6.45, 7) is 12.5. The number of nitrogens with zero attached hydrogens (tertiary/aromatic N) is 1. The van der Waals surface area contributed by atoms with Crippen molar-refractivity contribution < 1.29 is 9.47 Å². The van der Waals surface area contributed by atoms with Crippen molar-refractivity contribution in [2.75, 3.05) is 40.5 Å². The first-order valence-corrected chi connectivity index (χ1v) is 7.57. The standard InChI is InChI=1S/C15H34N2O2/c1-7-15(8-2)16-11-13(3)17(9-10-18-5)14(4)12-19-6/h13-16H,7-12H2,1-6H3. The highest BCUT2D eigenvalue weighted by Crippen LogP contribution is 2.07. The molecule has 0 radical (unpaired) electrons. The molecule has 0 fully saturated rings. The van der Waals surface area contributed by atoms with Gasteiger partial charge in [-0.05, 0) is 26.7 Å². The van der Waals surface area contributed by atoms with Crippen LogP contribution in [-0.2, 0) is 9.47 Å². The number of hydrogen-bond donors (Lipinski definition) is 1. The van der Waals surface area contributed by atoms with Crippen LogP contribution in [0.25, 0.3) is 0 Å². The lowest BCUT2D eigenvalue weighted by atomic mass is 10.1. The van der Waals surface area contributed by atoms with Gasteiger partial charge in [0, 0.05) is 45.4 Å². The second kappa shape index (κ2) is 11.6. The number of nitrogens with one attached hydrogen (secondary N) is 1. The molecule has 0 amide bonds. The molecule has 19 heavy (non-hydrogen) atoms. The van der Waals surface area contributed by atoms with Crippen molar-refractivity contribution in [1.29, 1.82) is 0 Å². The van der Waals surface area contributed by atoms with Crippen molar-refractivity contribution in [1.82, 2.24) is 10.2 Å². The van der Waals surface area contributed by atoms with Gasteiger partial charge in [0.15, 0.2) is 0 Å². The molecule has 0 saturated carbocycles. The van der Waals surface area contributed by atoms with Crippen molar-refractivity contribution in [3.63, 3.8) is 0 Å². The summed E-state index contributed by atoms with van der Waals surface area (Å²) in [4.78, 5) is 2.46. The van der Waals surface area contributed by atoms with Gasteiger partial charge in [-0.3, -0.25) is 4.90 Å². The lowest BCUT2D eigenvalue weighted by Gasteiger charge is -2.35. The molecule has 4 heteroatoms. The van der Waals surface area contributed by atoms with E-state index in [0.29, 0.717) is 18.1 Å². The molecule has 0 aliphatic carbocycles. The molecule has 2 atom stereocenters. The fourth-order valence-electron chi connectivity index (χ4n) is 2.44. The van der Waals surface area contributed by atoms with Crippen molar-refractivity contribution in [3.05, 3.63) is 0 Å². The summed E-state index contributed by atoms with van der Waals surface area (Å²) in [6, 6.07) is 1.53. The van der Waals surface area contributed by atoms with E-state index in [1.165, 1.54) is 12.8 Å². The second-order valence-electron chi connectivity index (χ2n) is 5.31. The first-order chi connectivity index (χ1) is 9.10. The smallest absolute Gasteiger partial charge is 0.0615 e. The number of rotatable bonds is 12. The van der Waals surface area contributed by atoms with Gasteiger partial charge in [0.25, 0.3) is 0 Å². The predicted molar refractivity (Wildman–Crippen MR) is 81.8 cm³/mol. The zero-order valence-corrected chi connectivity index (χ0v) is 13.7. The quantitative estimate of drug-likeness (QED) is 0.591. The Morgan fingerprint density at radius 1 is 1.00 bits per heavy atom. The minimum atomic E-state index is 0.415. The zero-order chi connectivity index (χ0) is 14.7. The van der Waals surface area contributed by atoms with Gasteiger partial charge in [0.05, 0.1) is 13.2 Å². The Morgan fingerprint density at radius 3 is 2.11 bits per heavy atom. The number of methoxy groups -OCH3 is 2. The predicted octanol–water partition coefficient (Wildman–Crippen LogP) is 2.14. The van der Waals surface area contributed by atoms with Crippen LogP contribution < -0.4 is 5.32 Å². The molecule has 0 aromatic heterocycles. The summed E-state index contributed by atoms with van der Waals surface area (Å²) < 4.78 is 10.5.